The Bertz CT molecular complexity index is 2040. The Morgan fingerprint density at radius 3 is 2.14 bits per heavy atom. The van der Waals surface area contributed by atoms with Crippen molar-refractivity contribution in [1.29, 1.82) is 0 Å². The van der Waals surface area contributed by atoms with Crippen LogP contribution < -0.4 is 0 Å². The second-order valence-corrected chi connectivity index (χ2v) is 11.5. The number of hydrogen-bond donors (Lipinski definition) is 0. The van der Waals surface area contributed by atoms with E-state index in [2.05, 4.69) is 109 Å². The van der Waals surface area contributed by atoms with Crippen molar-refractivity contribution in [2.24, 2.45) is 0 Å². The van der Waals surface area contributed by atoms with Crippen molar-refractivity contribution in [3.63, 3.8) is 0 Å². The Balaban J connectivity index is 1.21. The van der Waals surface area contributed by atoms with E-state index in [-0.39, 0.29) is 0 Å². The zero-order valence-electron chi connectivity index (χ0n) is 24.4. The monoisotopic (exact) mass is 547 g/mol. The fourth-order valence-electron chi connectivity index (χ4n) is 6.56. The SMILES string of the molecule is C=Cn1c2ccc(CCCCCCCC)cc2c2cc(-c3ccc(-c4cccc5c4oc4ccccc45)cc3)ccc21. The lowest BCUT2D eigenvalue weighted by Gasteiger charge is -2.07. The molecule has 0 aliphatic carbocycles. The molecule has 0 N–H and O–H groups in total. The number of hydrogen-bond acceptors (Lipinski definition) is 1. The topological polar surface area (TPSA) is 18.1 Å². The summed E-state index contributed by atoms with van der Waals surface area (Å²) in [5.41, 5.74) is 10.4. The summed E-state index contributed by atoms with van der Waals surface area (Å²) in [5.74, 6) is 0. The van der Waals surface area contributed by atoms with E-state index in [9.17, 15) is 0 Å². The van der Waals surface area contributed by atoms with E-state index in [4.69, 9.17) is 4.42 Å². The van der Waals surface area contributed by atoms with Crippen LogP contribution in [0.25, 0.3) is 72.2 Å². The van der Waals surface area contributed by atoms with Gasteiger partial charge in [-0.1, -0.05) is 118 Å². The quantitative estimate of drug-likeness (QED) is 0.156. The molecule has 0 radical (unpaired) electrons. The maximum absolute atomic E-state index is 6.30. The zero-order valence-corrected chi connectivity index (χ0v) is 24.4. The van der Waals surface area contributed by atoms with E-state index in [1.165, 1.54) is 77.0 Å². The van der Waals surface area contributed by atoms with E-state index < -0.39 is 0 Å². The van der Waals surface area contributed by atoms with Gasteiger partial charge in [-0.05, 0) is 65.4 Å². The maximum Gasteiger partial charge on any atom is 0.143 e. The summed E-state index contributed by atoms with van der Waals surface area (Å²) in [7, 11) is 0. The standard InChI is InChI=1S/C40H37NO/c1-3-5-6-7-8-9-13-28-18-24-37-35(26-28)36-27-31(23-25-38(36)41(37)4-2)29-19-21-30(22-20-29)32-15-12-16-34-33-14-10-11-17-39(33)42-40(32)34/h4,10-12,14-27H,2-3,5-9,13H2,1H3. The molecule has 0 saturated heterocycles. The van der Waals surface area contributed by atoms with Gasteiger partial charge in [0.25, 0.3) is 0 Å². The largest absolute Gasteiger partial charge is 0.455 e. The van der Waals surface area contributed by atoms with Crippen LogP contribution in [0, 0.1) is 0 Å². The number of aromatic nitrogens is 1. The van der Waals surface area contributed by atoms with E-state index in [0.717, 1.165) is 39.5 Å². The van der Waals surface area contributed by atoms with Crippen LogP contribution in [0.1, 0.15) is 51.0 Å². The van der Waals surface area contributed by atoms with Crippen LogP contribution in [0.5, 0.6) is 0 Å². The van der Waals surface area contributed by atoms with Crippen molar-refractivity contribution in [2.45, 2.75) is 51.9 Å². The molecule has 0 fully saturated rings. The summed E-state index contributed by atoms with van der Waals surface area (Å²) in [6, 6.07) is 37.4. The van der Waals surface area contributed by atoms with Gasteiger partial charge in [0.05, 0.1) is 11.0 Å². The Morgan fingerprint density at radius 1 is 0.619 bits per heavy atom. The maximum atomic E-state index is 6.30. The average Bonchev–Trinajstić information content (AvgIpc) is 3.57. The minimum atomic E-state index is 0.929. The van der Waals surface area contributed by atoms with E-state index in [1.54, 1.807) is 0 Å². The van der Waals surface area contributed by atoms with Crippen LogP contribution in [0.15, 0.2) is 114 Å². The molecule has 2 heterocycles. The molecule has 0 unspecified atom stereocenters. The van der Waals surface area contributed by atoms with Gasteiger partial charge in [0.1, 0.15) is 11.2 Å². The Labute approximate surface area is 247 Å². The molecule has 42 heavy (non-hydrogen) atoms. The molecule has 0 atom stereocenters. The summed E-state index contributed by atoms with van der Waals surface area (Å²) in [5, 5.41) is 4.91. The van der Waals surface area contributed by atoms with Gasteiger partial charge in [0.2, 0.25) is 0 Å². The Morgan fingerprint density at radius 2 is 1.31 bits per heavy atom. The van der Waals surface area contributed by atoms with Crippen LogP contribution in [0.3, 0.4) is 0 Å². The van der Waals surface area contributed by atoms with Crippen molar-refractivity contribution >= 4 is 49.9 Å². The summed E-state index contributed by atoms with van der Waals surface area (Å²) >= 11 is 0. The summed E-state index contributed by atoms with van der Waals surface area (Å²) in [6.07, 6.45) is 11.0. The Kier molecular flexibility index (Phi) is 7.13. The first-order valence-corrected chi connectivity index (χ1v) is 15.5. The summed E-state index contributed by atoms with van der Waals surface area (Å²) in [6.45, 7) is 6.40. The third kappa shape index (κ3) is 4.71. The van der Waals surface area contributed by atoms with Gasteiger partial charge in [-0.2, -0.15) is 0 Å². The first-order chi connectivity index (χ1) is 20.7. The smallest absolute Gasteiger partial charge is 0.143 e. The van der Waals surface area contributed by atoms with Gasteiger partial charge >= 0.3 is 0 Å². The molecule has 7 aromatic rings. The van der Waals surface area contributed by atoms with E-state index in [0.29, 0.717) is 0 Å². The third-order valence-corrected chi connectivity index (χ3v) is 8.80. The highest BCUT2D eigenvalue weighted by Gasteiger charge is 2.14. The number of benzene rings is 5. The lowest BCUT2D eigenvalue weighted by atomic mass is 9.97. The fourth-order valence-corrected chi connectivity index (χ4v) is 6.56. The van der Waals surface area contributed by atoms with Gasteiger partial charge < -0.3 is 8.98 Å². The normalized spacial score (nSPS) is 11.7. The first kappa shape index (κ1) is 26.3. The zero-order chi connectivity index (χ0) is 28.5. The van der Waals surface area contributed by atoms with Crippen molar-refractivity contribution in [3.8, 4) is 22.3 Å². The van der Waals surface area contributed by atoms with Crippen LogP contribution >= 0.6 is 0 Å². The van der Waals surface area contributed by atoms with Gasteiger partial charge in [0.15, 0.2) is 0 Å². The predicted octanol–water partition coefficient (Wildman–Crippen LogP) is 12.0. The van der Waals surface area contributed by atoms with Crippen LogP contribution in [-0.4, -0.2) is 4.57 Å². The number of fused-ring (bicyclic) bond motifs is 6. The second-order valence-electron chi connectivity index (χ2n) is 11.5. The molecule has 0 aliphatic heterocycles. The lowest BCUT2D eigenvalue weighted by Crippen LogP contribution is -1.88. The van der Waals surface area contributed by atoms with E-state index >= 15 is 0 Å². The number of rotatable bonds is 10. The molecule has 5 aromatic carbocycles. The average molecular weight is 548 g/mol. The second kappa shape index (κ2) is 11.4. The van der Waals surface area contributed by atoms with Crippen LogP contribution in [0.2, 0.25) is 0 Å². The highest BCUT2D eigenvalue weighted by atomic mass is 16.3. The number of para-hydroxylation sites is 2. The molecule has 2 nitrogen and oxygen atoms in total. The van der Waals surface area contributed by atoms with Crippen molar-refractivity contribution < 1.29 is 4.42 Å². The van der Waals surface area contributed by atoms with Gasteiger partial charge in [-0.25, -0.2) is 0 Å². The minimum absolute atomic E-state index is 0.929. The van der Waals surface area contributed by atoms with Gasteiger partial charge in [-0.15, -0.1) is 0 Å². The molecule has 0 amide bonds. The molecular weight excluding hydrogens is 510 g/mol. The van der Waals surface area contributed by atoms with Crippen LogP contribution in [-0.2, 0) is 6.42 Å². The van der Waals surface area contributed by atoms with E-state index in [1.807, 2.05) is 18.3 Å². The van der Waals surface area contributed by atoms with Crippen molar-refractivity contribution in [3.05, 3.63) is 115 Å². The Hall–Kier alpha value is -4.56. The molecule has 0 saturated carbocycles. The molecular formula is C40H37NO. The highest BCUT2D eigenvalue weighted by Crippen LogP contribution is 2.37. The number of unbranched alkanes of at least 4 members (excludes halogenated alkanes) is 5. The molecule has 0 spiro atoms. The molecule has 2 heteroatoms. The molecule has 208 valence electrons. The first-order valence-electron chi connectivity index (χ1n) is 15.5. The minimum Gasteiger partial charge on any atom is -0.455 e. The summed E-state index contributed by atoms with van der Waals surface area (Å²) in [4.78, 5) is 0. The number of nitrogens with zero attached hydrogens (tertiary/aromatic N) is 1. The number of furan rings is 1. The lowest BCUT2D eigenvalue weighted by molar-refractivity contribution is 0.607. The summed E-state index contributed by atoms with van der Waals surface area (Å²) < 4.78 is 8.52. The molecule has 0 bridgehead atoms. The van der Waals surface area contributed by atoms with Crippen molar-refractivity contribution in [2.75, 3.05) is 0 Å². The number of aryl methyl sites for hydroxylation is 1. The molecule has 2 aromatic heterocycles. The fraction of sp³-hybridized carbons (Fsp3) is 0.200. The molecule has 7 rings (SSSR count). The highest BCUT2D eigenvalue weighted by molar-refractivity contribution is 6.11. The molecule has 0 aliphatic rings. The predicted molar refractivity (Wildman–Crippen MR) is 181 cm³/mol. The van der Waals surface area contributed by atoms with Gasteiger partial charge in [-0.3, -0.25) is 0 Å². The third-order valence-electron chi connectivity index (χ3n) is 8.80. The van der Waals surface area contributed by atoms with Gasteiger partial charge in [0, 0.05) is 33.3 Å². The van der Waals surface area contributed by atoms with Crippen molar-refractivity contribution in [1.82, 2.24) is 4.57 Å². The van der Waals surface area contributed by atoms with Crippen LogP contribution in [0.4, 0.5) is 0 Å².